The molecule has 5 nitrogen and oxygen atoms in total. The van der Waals surface area contributed by atoms with Gasteiger partial charge in [0, 0.05) is 19.5 Å². The highest BCUT2D eigenvalue weighted by atomic mass is 16.4. The Morgan fingerprint density at radius 3 is 2.61 bits per heavy atom. The van der Waals surface area contributed by atoms with Crippen LogP contribution in [0.5, 0.6) is 0 Å². The number of carboxylic acid groups (broad SMARTS) is 1. The van der Waals surface area contributed by atoms with Crippen LogP contribution in [0.15, 0.2) is 0 Å². The van der Waals surface area contributed by atoms with Crippen LogP contribution in [0.3, 0.4) is 0 Å². The second kappa shape index (κ2) is 6.90. The summed E-state index contributed by atoms with van der Waals surface area (Å²) in [6, 6.07) is -1.34. The summed E-state index contributed by atoms with van der Waals surface area (Å²) in [7, 11) is 0. The molecule has 1 fully saturated rings. The van der Waals surface area contributed by atoms with Crippen LogP contribution in [-0.4, -0.2) is 41.1 Å². The van der Waals surface area contributed by atoms with Gasteiger partial charge in [-0.15, -0.1) is 12.3 Å². The van der Waals surface area contributed by atoms with Crippen LogP contribution in [0, 0.1) is 18.3 Å². The van der Waals surface area contributed by atoms with E-state index >= 15 is 0 Å². The number of nitrogens with zero attached hydrogens (tertiary/aromatic N) is 1. The average molecular weight is 252 g/mol. The average Bonchev–Trinajstić information content (AvgIpc) is 2.26. The first-order valence-electron chi connectivity index (χ1n) is 6.30. The fourth-order valence-corrected chi connectivity index (χ4v) is 1.90. The SMILES string of the molecule is C#CCC(NC(=O)N(CC)CC1CCC1)C(=O)O. The lowest BCUT2D eigenvalue weighted by atomic mass is 9.85. The van der Waals surface area contributed by atoms with Crippen molar-refractivity contribution in [3.63, 3.8) is 0 Å². The summed E-state index contributed by atoms with van der Waals surface area (Å²) in [4.78, 5) is 24.5. The molecule has 0 aromatic rings. The Bertz CT molecular complexity index is 345. The highest BCUT2D eigenvalue weighted by Crippen LogP contribution is 2.27. The highest BCUT2D eigenvalue weighted by Gasteiger charge is 2.25. The largest absolute Gasteiger partial charge is 0.480 e. The van der Waals surface area contributed by atoms with E-state index in [1.165, 1.54) is 6.42 Å². The first kappa shape index (κ1) is 14.4. The number of rotatable bonds is 6. The summed E-state index contributed by atoms with van der Waals surface area (Å²) in [5.41, 5.74) is 0. The van der Waals surface area contributed by atoms with Gasteiger partial charge in [-0.3, -0.25) is 0 Å². The number of hydrogen-bond donors (Lipinski definition) is 2. The minimum absolute atomic E-state index is 0.00204. The van der Waals surface area contributed by atoms with Gasteiger partial charge in [0.2, 0.25) is 0 Å². The van der Waals surface area contributed by atoms with Gasteiger partial charge >= 0.3 is 12.0 Å². The quantitative estimate of drug-likeness (QED) is 0.700. The summed E-state index contributed by atoms with van der Waals surface area (Å²) < 4.78 is 0. The van der Waals surface area contributed by atoms with Gasteiger partial charge in [0.15, 0.2) is 0 Å². The molecule has 1 unspecified atom stereocenters. The Hall–Kier alpha value is -1.70. The molecule has 0 aromatic heterocycles. The molecule has 0 aromatic carbocycles. The maximum atomic E-state index is 11.9. The van der Waals surface area contributed by atoms with Gasteiger partial charge in [-0.1, -0.05) is 6.42 Å². The maximum Gasteiger partial charge on any atom is 0.327 e. The van der Waals surface area contributed by atoms with E-state index in [9.17, 15) is 9.59 Å². The zero-order valence-corrected chi connectivity index (χ0v) is 10.7. The lowest BCUT2D eigenvalue weighted by molar-refractivity contribution is -0.139. The molecular formula is C13H20N2O3. The van der Waals surface area contributed by atoms with E-state index in [1.54, 1.807) is 4.90 Å². The molecule has 18 heavy (non-hydrogen) atoms. The van der Waals surface area contributed by atoms with Crippen LogP contribution in [-0.2, 0) is 4.79 Å². The highest BCUT2D eigenvalue weighted by molar-refractivity contribution is 5.82. The topological polar surface area (TPSA) is 69.6 Å². The Labute approximate surface area is 108 Å². The lowest BCUT2D eigenvalue weighted by Gasteiger charge is -2.32. The van der Waals surface area contributed by atoms with Crippen molar-refractivity contribution >= 4 is 12.0 Å². The van der Waals surface area contributed by atoms with Crippen LogP contribution in [0.4, 0.5) is 4.79 Å². The van der Waals surface area contributed by atoms with Crippen molar-refractivity contribution in [1.82, 2.24) is 10.2 Å². The van der Waals surface area contributed by atoms with E-state index in [-0.39, 0.29) is 12.5 Å². The molecule has 0 spiro atoms. The van der Waals surface area contributed by atoms with Crippen molar-refractivity contribution in [2.24, 2.45) is 5.92 Å². The molecule has 0 heterocycles. The Morgan fingerprint density at radius 1 is 1.56 bits per heavy atom. The van der Waals surface area contributed by atoms with Gasteiger partial charge in [0.1, 0.15) is 6.04 Å². The van der Waals surface area contributed by atoms with Crippen molar-refractivity contribution < 1.29 is 14.7 Å². The number of hydrogen-bond acceptors (Lipinski definition) is 2. The summed E-state index contributed by atoms with van der Waals surface area (Å²) >= 11 is 0. The number of nitrogens with one attached hydrogen (secondary N) is 1. The summed E-state index contributed by atoms with van der Waals surface area (Å²) in [5.74, 6) is 1.73. The first-order valence-corrected chi connectivity index (χ1v) is 6.30. The number of carbonyl (C=O) groups is 2. The zero-order chi connectivity index (χ0) is 13.5. The number of urea groups is 1. The Balaban J connectivity index is 2.48. The van der Waals surface area contributed by atoms with Gasteiger partial charge < -0.3 is 15.3 Å². The summed E-state index contributed by atoms with van der Waals surface area (Å²) in [6.07, 6.45) is 8.61. The van der Waals surface area contributed by atoms with Crippen LogP contribution < -0.4 is 5.32 Å². The number of amides is 2. The lowest BCUT2D eigenvalue weighted by Crippen LogP contribution is -2.49. The van der Waals surface area contributed by atoms with E-state index < -0.39 is 12.0 Å². The van der Waals surface area contributed by atoms with Crippen LogP contribution in [0.25, 0.3) is 0 Å². The fraction of sp³-hybridized carbons (Fsp3) is 0.692. The molecule has 2 amide bonds. The predicted molar refractivity (Wildman–Crippen MR) is 68.0 cm³/mol. The van der Waals surface area contributed by atoms with Gasteiger partial charge in [-0.2, -0.15) is 0 Å². The molecule has 0 radical (unpaired) electrons. The maximum absolute atomic E-state index is 11.9. The van der Waals surface area contributed by atoms with Crippen LogP contribution in [0.1, 0.15) is 32.6 Å². The van der Waals surface area contributed by atoms with Gasteiger partial charge in [-0.05, 0) is 25.7 Å². The van der Waals surface area contributed by atoms with E-state index in [0.717, 1.165) is 12.8 Å². The molecule has 1 saturated carbocycles. The molecule has 0 saturated heterocycles. The van der Waals surface area contributed by atoms with Gasteiger partial charge in [0.05, 0.1) is 0 Å². The Kier molecular flexibility index (Phi) is 5.50. The normalized spacial score (nSPS) is 16.2. The zero-order valence-electron chi connectivity index (χ0n) is 10.7. The molecule has 0 bridgehead atoms. The predicted octanol–water partition coefficient (Wildman–Crippen LogP) is 1.29. The third-order valence-corrected chi connectivity index (χ3v) is 3.29. The number of aliphatic carboxylic acids is 1. The number of carboxylic acids is 1. The molecule has 0 aliphatic heterocycles. The molecule has 1 atom stereocenters. The molecular weight excluding hydrogens is 232 g/mol. The van der Waals surface area contributed by atoms with Crippen molar-refractivity contribution in [3.8, 4) is 12.3 Å². The third-order valence-electron chi connectivity index (χ3n) is 3.29. The minimum atomic E-state index is -1.10. The second-order valence-electron chi connectivity index (χ2n) is 4.58. The fourth-order valence-electron chi connectivity index (χ4n) is 1.90. The monoisotopic (exact) mass is 252 g/mol. The standard InChI is InChI=1S/C13H20N2O3/c1-3-6-11(12(16)17)14-13(18)15(4-2)9-10-7-5-8-10/h1,10-11H,4-9H2,2H3,(H,14,18)(H,16,17). The first-order chi connectivity index (χ1) is 8.58. The number of carbonyl (C=O) groups excluding carboxylic acids is 1. The number of terminal acetylenes is 1. The van der Waals surface area contributed by atoms with Crippen LogP contribution in [0.2, 0.25) is 0 Å². The molecule has 1 aliphatic carbocycles. The summed E-state index contributed by atoms with van der Waals surface area (Å²) in [5, 5.41) is 11.4. The third kappa shape index (κ3) is 3.95. The van der Waals surface area contributed by atoms with Crippen LogP contribution >= 0.6 is 0 Å². The second-order valence-corrected chi connectivity index (χ2v) is 4.58. The van der Waals surface area contributed by atoms with Crippen molar-refractivity contribution in [3.05, 3.63) is 0 Å². The van der Waals surface area contributed by atoms with Crippen molar-refractivity contribution in [1.29, 1.82) is 0 Å². The molecule has 100 valence electrons. The molecule has 1 rings (SSSR count). The molecule has 5 heteroatoms. The van der Waals surface area contributed by atoms with E-state index in [0.29, 0.717) is 19.0 Å². The summed E-state index contributed by atoms with van der Waals surface area (Å²) in [6.45, 7) is 3.16. The van der Waals surface area contributed by atoms with Crippen molar-refractivity contribution in [2.75, 3.05) is 13.1 Å². The van der Waals surface area contributed by atoms with E-state index in [2.05, 4.69) is 11.2 Å². The Morgan fingerprint density at radius 2 is 2.22 bits per heavy atom. The minimum Gasteiger partial charge on any atom is -0.480 e. The smallest absolute Gasteiger partial charge is 0.327 e. The van der Waals surface area contributed by atoms with Gasteiger partial charge in [0.25, 0.3) is 0 Å². The van der Waals surface area contributed by atoms with Crippen molar-refractivity contribution in [2.45, 2.75) is 38.6 Å². The van der Waals surface area contributed by atoms with E-state index in [4.69, 9.17) is 11.5 Å². The van der Waals surface area contributed by atoms with E-state index in [1.807, 2.05) is 6.92 Å². The molecule has 1 aliphatic rings. The molecule has 2 N–H and O–H groups in total. The van der Waals surface area contributed by atoms with Gasteiger partial charge in [-0.25, -0.2) is 9.59 Å².